The molecule has 3 aromatic rings. The molecule has 1 aliphatic rings. The molecule has 27 heavy (non-hydrogen) atoms. The molecule has 0 bridgehead atoms. The number of aryl methyl sites for hydroxylation is 2. The first-order valence-electron chi connectivity index (χ1n) is 9.04. The van der Waals surface area contributed by atoms with Gasteiger partial charge in [-0.2, -0.15) is 0 Å². The van der Waals surface area contributed by atoms with Crippen LogP contribution in [0.4, 0.5) is 0 Å². The summed E-state index contributed by atoms with van der Waals surface area (Å²) >= 11 is 0. The topological polar surface area (TPSA) is 39.0 Å². The van der Waals surface area contributed by atoms with Crippen molar-refractivity contribution in [3.63, 3.8) is 0 Å². The molecule has 0 atom stereocenters. The monoisotopic (exact) mass is 357 g/mol. The van der Waals surface area contributed by atoms with Gasteiger partial charge in [-0.15, -0.1) is 0 Å². The van der Waals surface area contributed by atoms with Gasteiger partial charge >= 0.3 is 0 Å². The van der Waals surface area contributed by atoms with Crippen LogP contribution in [0.5, 0.6) is 0 Å². The number of nitrogens with zero attached hydrogens (tertiary/aromatic N) is 2. The lowest BCUT2D eigenvalue weighted by Crippen LogP contribution is -2.17. The van der Waals surface area contributed by atoms with Gasteiger partial charge in [-0.05, 0) is 18.6 Å². The summed E-state index contributed by atoms with van der Waals surface area (Å²) < 4.78 is 4.19. The Balaban J connectivity index is 2.02. The maximum atomic E-state index is 12.8. The highest BCUT2D eigenvalue weighted by Gasteiger charge is 2.30. The van der Waals surface area contributed by atoms with Crippen LogP contribution in [0.2, 0.25) is 0 Å². The predicted molar refractivity (Wildman–Crippen MR) is 112 cm³/mol. The third-order valence-corrected chi connectivity index (χ3v) is 5.32. The summed E-state index contributed by atoms with van der Waals surface area (Å²) in [4.78, 5) is 12.8. The molecular weight excluding hydrogens is 334 g/mol. The molecule has 136 valence electrons. The zero-order chi connectivity index (χ0) is 19.1. The van der Waals surface area contributed by atoms with Crippen molar-refractivity contribution in [1.82, 2.24) is 14.5 Å². The standard InChI is InChI=1S/C23H23N3O/c1-5-6-9-16-13-25(3)14-19(16)22-18(12-24-23(22)27)21-15(2)26(4)20-11-8-7-10-17(20)21/h5-11,13-14H,1,12H2,2-4H3,(H,24,27)/b9-6-. The highest BCUT2D eigenvalue weighted by atomic mass is 16.1. The van der Waals surface area contributed by atoms with E-state index in [1.54, 1.807) is 6.08 Å². The molecule has 4 heteroatoms. The molecule has 3 heterocycles. The van der Waals surface area contributed by atoms with Crippen LogP contribution in [0.3, 0.4) is 0 Å². The largest absolute Gasteiger partial charge is 0.356 e. The molecule has 1 amide bonds. The Morgan fingerprint density at radius 3 is 2.74 bits per heavy atom. The fourth-order valence-corrected chi connectivity index (χ4v) is 4.00. The van der Waals surface area contributed by atoms with Crippen molar-refractivity contribution in [2.75, 3.05) is 6.54 Å². The second kappa shape index (κ2) is 6.47. The van der Waals surface area contributed by atoms with Crippen LogP contribution in [-0.4, -0.2) is 21.6 Å². The third kappa shape index (κ3) is 2.65. The van der Waals surface area contributed by atoms with E-state index in [2.05, 4.69) is 48.6 Å². The summed E-state index contributed by atoms with van der Waals surface area (Å²) in [6.07, 6.45) is 9.68. The van der Waals surface area contributed by atoms with Crippen molar-refractivity contribution < 1.29 is 4.79 Å². The lowest BCUT2D eigenvalue weighted by Gasteiger charge is -2.07. The van der Waals surface area contributed by atoms with Gasteiger partial charge in [-0.1, -0.05) is 43.0 Å². The summed E-state index contributed by atoms with van der Waals surface area (Å²) in [7, 11) is 4.05. The molecule has 4 rings (SSSR count). The van der Waals surface area contributed by atoms with Gasteiger partial charge < -0.3 is 14.5 Å². The molecule has 0 unspecified atom stereocenters. The van der Waals surface area contributed by atoms with Crippen LogP contribution in [-0.2, 0) is 18.9 Å². The molecule has 2 aromatic heterocycles. The predicted octanol–water partition coefficient (Wildman–Crippen LogP) is 4.07. The summed E-state index contributed by atoms with van der Waals surface area (Å²) in [6.45, 7) is 6.41. The van der Waals surface area contributed by atoms with Crippen LogP contribution in [0.25, 0.3) is 28.1 Å². The number of fused-ring (bicyclic) bond motifs is 1. The maximum absolute atomic E-state index is 12.8. The fourth-order valence-electron chi connectivity index (χ4n) is 4.00. The molecule has 0 spiro atoms. The van der Waals surface area contributed by atoms with Crippen LogP contribution < -0.4 is 5.32 Å². The first kappa shape index (κ1) is 17.2. The second-order valence-corrected chi connectivity index (χ2v) is 6.96. The number of carbonyl (C=O) groups is 1. The van der Waals surface area contributed by atoms with E-state index in [-0.39, 0.29) is 5.91 Å². The molecule has 1 aromatic carbocycles. The lowest BCUT2D eigenvalue weighted by molar-refractivity contribution is -0.114. The number of benzene rings is 1. The average molecular weight is 357 g/mol. The van der Waals surface area contributed by atoms with Crippen LogP contribution >= 0.6 is 0 Å². The van der Waals surface area contributed by atoms with E-state index in [1.165, 1.54) is 16.6 Å². The summed E-state index contributed by atoms with van der Waals surface area (Å²) in [6, 6.07) is 8.36. The molecule has 0 fully saturated rings. The van der Waals surface area contributed by atoms with Crippen molar-refractivity contribution in [2.45, 2.75) is 6.92 Å². The smallest absolute Gasteiger partial charge is 0.252 e. The Kier molecular flexibility index (Phi) is 4.11. The normalized spacial score (nSPS) is 14.6. The Morgan fingerprint density at radius 1 is 1.19 bits per heavy atom. The molecule has 0 radical (unpaired) electrons. The van der Waals surface area contributed by atoms with Gasteiger partial charge in [0.2, 0.25) is 0 Å². The first-order chi connectivity index (χ1) is 13.0. The molecule has 4 nitrogen and oxygen atoms in total. The molecule has 0 saturated carbocycles. The molecule has 0 aliphatic carbocycles. The minimum Gasteiger partial charge on any atom is -0.356 e. The highest BCUT2D eigenvalue weighted by Crippen LogP contribution is 2.38. The summed E-state index contributed by atoms with van der Waals surface area (Å²) in [5.41, 5.74) is 7.29. The Morgan fingerprint density at radius 2 is 1.96 bits per heavy atom. The highest BCUT2D eigenvalue weighted by molar-refractivity contribution is 6.32. The molecule has 1 N–H and O–H groups in total. The van der Waals surface area contributed by atoms with E-state index >= 15 is 0 Å². The van der Waals surface area contributed by atoms with Gasteiger partial charge in [0.25, 0.3) is 5.91 Å². The van der Waals surface area contributed by atoms with E-state index in [9.17, 15) is 4.79 Å². The number of hydrogen-bond acceptors (Lipinski definition) is 1. The Hall–Kier alpha value is -3.27. The number of aromatic nitrogens is 2. The minimum absolute atomic E-state index is 0.0169. The number of allylic oxidation sites excluding steroid dienone is 2. The van der Waals surface area contributed by atoms with Crippen molar-refractivity contribution >= 4 is 34.0 Å². The lowest BCUT2D eigenvalue weighted by atomic mass is 9.94. The van der Waals surface area contributed by atoms with Crippen molar-refractivity contribution in [3.05, 3.63) is 77.8 Å². The quantitative estimate of drug-likeness (QED) is 0.703. The average Bonchev–Trinajstić information content (AvgIpc) is 3.28. The van der Waals surface area contributed by atoms with Gasteiger partial charge in [-0.25, -0.2) is 0 Å². The second-order valence-electron chi connectivity index (χ2n) is 6.96. The number of rotatable bonds is 4. The zero-order valence-electron chi connectivity index (χ0n) is 15.9. The number of carbonyl (C=O) groups excluding carboxylic acids is 1. The van der Waals surface area contributed by atoms with E-state index in [0.29, 0.717) is 6.54 Å². The Bertz CT molecular complexity index is 1140. The van der Waals surface area contributed by atoms with Gasteiger partial charge in [0.1, 0.15) is 0 Å². The van der Waals surface area contributed by atoms with Crippen LogP contribution in [0.15, 0.2) is 55.4 Å². The van der Waals surface area contributed by atoms with Crippen molar-refractivity contribution in [1.29, 1.82) is 0 Å². The minimum atomic E-state index is -0.0169. The van der Waals surface area contributed by atoms with Gasteiger partial charge in [0, 0.05) is 66.3 Å². The number of nitrogens with one attached hydrogen (secondary N) is 1. The summed E-state index contributed by atoms with van der Waals surface area (Å²) in [5.74, 6) is -0.0169. The SMILES string of the molecule is C=C/C=C\c1cn(C)cc1C1=C(c2c(C)n(C)c3ccccc23)CNC1=O. The van der Waals surface area contributed by atoms with E-state index in [0.717, 1.165) is 27.8 Å². The third-order valence-electron chi connectivity index (χ3n) is 5.32. The first-order valence-corrected chi connectivity index (χ1v) is 9.04. The molecule has 1 aliphatic heterocycles. The van der Waals surface area contributed by atoms with E-state index in [4.69, 9.17) is 0 Å². The zero-order valence-corrected chi connectivity index (χ0v) is 15.9. The van der Waals surface area contributed by atoms with Gasteiger partial charge in [0.05, 0.1) is 5.57 Å². The number of hydrogen-bond donors (Lipinski definition) is 1. The van der Waals surface area contributed by atoms with E-state index in [1.807, 2.05) is 42.2 Å². The van der Waals surface area contributed by atoms with Crippen LogP contribution in [0, 0.1) is 6.92 Å². The summed E-state index contributed by atoms with van der Waals surface area (Å²) in [5, 5.41) is 4.22. The van der Waals surface area contributed by atoms with Crippen molar-refractivity contribution in [2.24, 2.45) is 14.1 Å². The number of amides is 1. The fraction of sp³-hybridized carbons (Fsp3) is 0.174. The number of para-hydroxylation sites is 1. The van der Waals surface area contributed by atoms with Crippen LogP contribution in [0.1, 0.15) is 22.4 Å². The van der Waals surface area contributed by atoms with Gasteiger partial charge in [0.15, 0.2) is 0 Å². The van der Waals surface area contributed by atoms with Gasteiger partial charge in [-0.3, -0.25) is 4.79 Å². The molecule has 0 saturated heterocycles. The van der Waals surface area contributed by atoms with Crippen molar-refractivity contribution in [3.8, 4) is 0 Å². The Labute approximate surface area is 159 Å². The van der Waals surface area contributed by atoms with E-state index < -0.39 is 0 Å². The maximum Gasteiger partial charge on any atom is 0.252 e. The molecular formula is C23H23N3O.